The molecule has 0 unspecified atom stereocenters. The molecule has 1 aromatic heterocycles. The first kappa shape index (κ1) is 20.7. The van der Waals surface area contributed by atoms with Crippen molar-refractivity contribution in [1.29, 1.82) is 0 Å². The number of hydrogen-bond donors (Lipinski definition) is 2. The molecule has 0 saturated carbocycles. The first-order chi connectivity index (χ1) is 14.0. The van der Waals surface area contributed by atoms with Crippen LogP contribution < -0.4 is 10.1 Å². The number of anilines is 1. The van der Waals surface area contributed by atoms with Gasteiger partial charge in [0.2, 0.25) is 5.91 Å². The van der Waals surface area contributed by atoms with Crippen LogP contribution >= 0.6 is 11.8 Å². The van der Waals surface area contributed by atoms with Gasteiger partial charge in [-0.15, -0.1) is 0 Å². The number of H-pyrrole nitrogens is 1. The molecule has 0 bridgehead atoms. The summed E-state index contributed by atoms with van der Waals surface area (Å²) in [6, 6.07) is 12.6. The Kier molecular flexibility index (Phi) is 6.77. The van der Waals surface area contributed by atoms with Crippen LogP contribution in [0, 0.1) is 0 Å². The minimum absolute atomic E-state index is 0.0434. The highest BCUT2D eigenvalue weighted by Crippen LogP contribution is 2.23. The Bertz CT molecular complexity index is 1010. The van der Waals surface area contributed by atoms with E-state index in [1.807, 2.05) is 32.0 Å². The number of methoxy groups -OCH3 is 1. The molecule has 0 radical (unpaired) electrons. The van der Waals surface area contributed by atoms with Crippen molar-refractivity contribution in [3.8, 4) is 5.75 Å². The van der Waals surface area contributed by atoms with Gasteiger partial charge in [-0.2, -0.15) is 0 Å². The van der Waals surface area contributed by atoms with E-state index in [-0.39, 0.29) is 17.6 Å². The van der Waals surface area contributed by atoms with E-state index in [0.717, 1.165) is 16.8 Å². The fourth-order valence-corrected chi connectivity index (χ4v) is 3.60. The number of rotatable bonds is 8. The van der Waals surface area contributed by atoms with Crippen LogP contribution in [0.15, 0.2) is 47.6 Å². The lowest BCUT2D eigenvalue weighted by molar-refractivity contribution is -0.113. The van der Waals surface area contributed by atoms with Crippen LogP contribution in [0.3, 0.4) is 0 Å². The van der Waals surface area contributed by atoms with Crippen molar-refractivity contribution in [3.05, 3.63) is 48.0 Å². The zero-order chi connectivity index (χ0) is 20.8. The predicted octanol–water partition coefficient (Wildman–Crippen LogP) is 3.78. The van der Waals surface area contributed by atoms with Crippen molar-refractivity contribution in [2.24, 2.45) is 0 Å². The quantitative estimate of drug-likeness (QED) is 0.550. The van der Waals surface area contributed by atoms with Gasteiger partial charge in [-0.25, -0.2) is 4.98 Å². The van der Waals surface area contributed by atoms with Gasteiger partial charge in [-0.3, -0.25) is 9.59 Å². The summed E-state index contributed by atoms with van der Waals surface area (Å²) in [4.78, 5) is 34.2. The van der Waals surface area contributed by atoms with Crippen LogP contribution in [0.2, 0.25) is 0 Å². The molecular formula is C21H24N4O3S. The van der Waals surface area contributed by atoms with Crippen LogP contribution in [0.4, 0.5) is 5.69 Å². The van der Waals surface area contributed by atoms with Gasteiger partial charge in [0.15, 0.2) is 5.16 Å². The summed E-state index contributed by atoms with van der Waals surface area (Å²) in [5.74, 6) is 0.735. The third kappa shape index (κ3) is 5.08. The van der Waals surface area contributed by atoms with Crippen molar-refractivity contribution >= 4 is 40.3 Å². The molecule has 0 spiro atoms. The Hall–Kier alpha value is -3.00. The Labute approximate surface area is 173 Å². The maximum Gasteiger partial charge on any atom is 0.253 e. The maximum atomic E-state index is 12.5. The van der Waals surface area contributed by atoms with E-state index in [9.17, 15) is 9.59 Å². The van der Waals surface area contributed by atoms with Crippen LogP contribution in [-0.4, -0.2) is 52.6 Å². The summed E-state index contributed by atoms with van der Waals surface area (Å²) >= 11 is 1.31. The van der Waals surface area contributed by atoms with E-state index >= 15 is 0 Å². The van der Waals surface area contributed by atoms with E-state index < -0.39 is 0 Å². The maximum absolute atomic E-state index is 12.5. The SMILES string of the molecule is CCN(CC)C(=O)c1cccc(NC(=O)CSc2nc3ccc(OC)cc3[nH]2)c1. The molecule has 0 aliphatic rings. The van der Waals surface area contributed by atoms with Gasteiger partial charge in [-0.1, -0.05) is 17.8 Å². The monoisotopic (exact) mass is 412 g/mol. The van der Waals surface area contributed by atoms with Gasteiger partial charge in [0, 0.05) is 30.4 Å². The Morgan fingerprint density at radius 1 is 1.17 bits per heavy atom. The molecule has 0 atom stereocenters. The van der Waals surface area contributed by atoms with Crippen molar-refractivity contribution in [2.45, 2.75) is 19.0 Å². The summed E-state index contributed by atoms with van der Waals surface area (Å²) in [6.07, 6.45) is 0. The number of amides is 2. The fraction of sp³-hybridized carbons (Fsp3) is 0.286. The number of thioether (sulfide) groups is 1. The highest BCUT2D eigenvalue weighted by Gasteiger charge is 2.14. The lowest BCUT2D eigenvalue weighted by atomic mass is 10.1. The molecule has 0 aliphatic carbocycles. The van der Waals surface area contributed by atoms with Crippen molar-refractivity contribution in [2.75, 3.05) is 31.3 Å². The number of nitrogens with one attached hydrogen (secondary N) is 2. The zero-order valence-electron chi connectivity index (χ0n) is 16.7. The fourth-order valence-electron chi connectivity index (χ4n) is 2.92. The zero-order valence-corrected chi connectivity index (χ0v) is 17.5. The molecule has 7 nitrogen and oxygen atoms in total. The molecule has 1 heterocycles. The van der Waals surface area contributed by atoms with Gasteiger partial charge in [-0.05, 0) is 44.2 Å². The highest BCUT2D eigenvalue weighted by atomic mass is 32.2. The Morgan fingerprint density at radius 2 is 1.97 bits per heavy atom. The number of fused-ring (bicyclic) bond motifs is 1. The second kappa shape index (κ2) is 9.47. The largest absolute Gasteiger partial charge is 0.497 e. The van der Waals surface area contributed by atoms with Crippen molar-refractivity contribution in [3.63, 3.8) is 0 Å². The van der Waals surface area contributed by atoms with Crippen molar-refractivity contribution < 1.29 is 14.3 Å². The van der Waals surface area contributed by atoms with E-state index in [1.165, 1.54) is 11.8 Å². The van der Waals surface area contributed by atoms with Crippen molar-refractivity contribution in [1.82, 2.24) is 14.9 Å². The predicted molar refractivity (Wildman–Crippen MR) is 116 cm³/mol. The summed E-state index contributed by atoms with van der Waals surface area (Å²) in [5, 5.41) is 3.50. The standard InChI is InChI=1S/C21H24N4O3S/c1-4-25(5-2)20(27)14-7-6-8-15(11-14)22-19(26)13-29-21-23-17-10-9-16(28-3)12-18(17)24-21/h6-12H,4-5,13H2,1-3H3,(H,22,26)(H,23,24). The van der Waals surface area contributed by atoms with Crippen LogP contribution in [0.25, 0.3) is 11.0 Å². The molecule has 2 amide bonds. The molecule has 29 heavy (non-hydrogen) atoms. The van der Waals surface area contributed by atoms with Gasteiger partial charge < -0.3 is 19.9 Å². The third-order valence-corrected chi connectivity index (χ3v) is 5.32. The van der Waals surface area contributed by atoms with Gasteiger partial charge in [0.25, 0.3) is 5.91 Å². The van der Waals surface area contributed by atoms with E-state index in [4.69, 9.17) is 4.74 Å². The number of aromatic amines is 1. The number of aromatic nitrogens is 2. The summed E-state index contributed by atoms with van der Waals surface area (Å²) < 4.78 is 5.21. The normalized spacial score (nSPS) is 10.7. The summed E-state index contributed by atoms with van der Waals surface area (Å²) in [5.41, 5.74) is 2.83. The minimum Gasteiger partial charge on any atom is -0.497 e. The first-order valence-corrected chi connectivity index (χ1v) is 10.4. The number of carbonyl (C=O) groups is 2. The molecule has 2 N–H and O–H groups in total. The third-order valence-electron chi connectivity index (χ3n) is 4.45. The molecule has 0 saturated heterocycles. The topological polar surface area (TPSA) is 87.3 Å². The molecule has 3 rings (SSSR count). The van der Waals surface area contributed by atoms with E-state index in [2.05, 4.69) is 15.3 Å². The van der Waals surface area contributed by atoms with Crippen LogP contribution in [0.1, 0.15) is 24.2 Å². The number of hydrogen-bond acceptors (Lipinski definition) is 5. The van der Waals surface area contributed by atoms with E-state index in [1.54, 1.807) is 36.3 Å². The molecular weight excluding hydrogens is 388 g/mol. The molecule has 152 valence electrons. The molecule has 3 aromatic rings. The lowest BCUT2D eigenvalue weighted by Gasteiger charge is -2.19. The van der Waals surface area contributed by atoms with Gasteiger partial charge >= 0.3 is 0 Å². The van der Waals surface area contributed by atoms with E-state index in [0.29, 0.717) is 29.5 Å². The lowest BCUT2D eigenvalue weighted by Crippen LogP contribution is -2.30. The Balaban J connectivity index is 1.61. The number of imidazole rings is 1. The molecule has 2 aromatic carbocycles. The molecule has 0 aliphatic heterocycles. The first-order valence-electron chi connectivity index (χ1n) is 9.39. The van der Waals surface area contributed by atoms with Crippen LogP contribution in [-0.2, 0) is 4.79 Å². The summed E-state index contributed by atoms with van der Waals surface area (Å²) in [7, 11) is 1.61. The smallest absolute Gasteiger partial charge is 0.253 e. The second-order valence-electron chi connectivity index (χ2n) is 6.32. The van der Waals surface area contributed by atoms with Crippen LogP contribution in [0.5, 0.6) is 5.75 Å². The minimum atomic E-state index is -0.166. The number of ether oxygens (including phenoxy) is 1. The second-order valence-corrected chi connectivity index (χ2v) is 7.28. The Morgan fingerprint density at radius 3 is 2.69 bits per heavy atom. The number of benzene rings is 2. The highest BCUT2D eigenvalue weighted by molar-refractivity contribution is 7.99. The average Bonchev–Trinajstić information content (AvgIpc) is 3.15. The molecule has 0 fully saturated rings. The average molecular weight is 413 g/mol. The molecule has 8 heteroatoms. The number of carbonyl (C=O) groups excluding carboxylic acids is 2. The van der Waals surface area contributed by atoms with Gasteiger partial charge in [0.1, 0.15) is 5.75 Å². The van der Waals surface area contributed by atoms with Gasteiger partial charge in [0.05, 0.1) is 23.9 Å². The number of nitrogens with zero attached hydrogens (tertiary/aromatic N) is 2. The summed E-state index contributed by atoms with van der Waals surface area (Å²) in [6.45, 7) is 5.18.